The summed E-state index contributed by atoms with van der Waals surface area (Å²) >= 11 is 0. The molecule has 0 rings (SSSR count). The van der Waals surface area contributed by atoms with Gasteiger partial charge in [-0.1, -0.05) is 13.0 Å². The third-order valence-electron chi connectivity index (χ3n) is 0.754. The standard InChI is InChI=1S/C8H16O/c1-5-6-7-9-8(2,3)4/h6-7H,5H2,1-4H3. The number of hydrogen-bond donors (Lipinski definition) is 0. The Hall–Kier alpha value is -0.460. The minimum absolute atomic E-state index is 0.0360. The fraction of sp³-hybridized carbons (Fsp3) is 0.750. The lowest BCUT2D eigenvalue weighted by atomic mass is 10.2. The zero-order chi connectivity index (χ0) is 7.33. The van der Waals surface area contributed by atoms with Crippen molar-refractivity contribution in [2.45, 2.75) is 39.7 Å². The van der Waals surface area contributed by atoms with E-state index in [0.29, 0.717) is 0 Å². The molecule has 0 aromatic heterocycles. The maximum Gasteiger partial charge on any atom is 0.0998 e. The monoisotopic (exact) mass is 128 g/mol. The van der Waals surface area contributed by atoms with Gasteiger partial charge in [-0.2, -0.15) is 0 Å². The fourth-order valence-electron chi connectivity index (χ4n) is 0.348. The number of hydrogen-bond acceptors (Lipinski definition) is 1. The molecule has 0 aliphatic rings. The van der Waals surface area contributed by atoms with Crippen LogP contribution >= 0.6 is 0 Å². The molecule has 0 amide bonds. The summed E-state index contributed by atoms with van der Waals surface area (Å²) in [4.78, 5) is 0. The summed E-state index contributed by atoms with van der Waals surface area (Å²) in [7, 11) is 0. The van der Waals surface area contributed by atoms with Crippen LogP contribution in [0.4, 0.5) is 0 Å². The van der Waals surface area contributed by atoms with Crippen LogP contribution in [0, 0.1) is 0 Å². The molecule has 0 radical (unpaired) electrons. The molecule has 0 spiro atoms. The van der Waals surface area contributed by atoms with Crippen LogP contribution in [0.3, 0.4) is 0 Å². The lowest BCUT2D eigenvalue weighted by Crippen LogP contribution is -2.15. The van der Waals surface area contributed by atoms with Crippen molar-refractivity contribution >= 4 is 0 Å². The van der Waals surface area contributed by atoms with E-state index in [-0.39, 0.29) is 5.60 Å². The zero-order valence-corrected chi connectivity index (χ0v) is 6.77. The van der Waals surface area contributed by atoms with E-state index in [1.54, 1.807) is 6.26 Å². The lowest BCUT2D eigenvalue weighted by Gasteiger charge is -2.17. The summed E-state index contributed by atoms with van der Waals surface area (Å²) in [5.74, 6) is 0. The summed E-state index contributed by atoms with van der Waals surface area (Å²) in [5.41, 5.74) is -0.0360. The predicted molar refractivity (Wildman–Crippen MR) is 40.3 cm³/mol. The quantitative estimate of drug-likeness (QED) is 0.519. The Morgan fingerprint density at radius 3 is 2.22 bits per heavy atom. The Morgan fingerprint density at radius 1 is 1.33 bits per heavy atom. The van der Waals surface area contributed by atoms with Gasteiger partial charge in [0.15, 0.2) is 0 Å². The van der Waals surface area contributed by atoms with Crippen LogP contribution in [0.5, 0.6) is 0 Å². The minimum Gasteiger partial charge on any atom is -0.496 e. The van der Waals surface area contributed by atoms with Crippen molar-refractivity contribution in [3.63, 3.8) is 0 Å². The summed E-state index contributed by atoms with van der Waals surface area (Å²) in [6.07, 6.45) is 4.81. The van der Waals surface area contributed by atoms with Gasteiger partial charge in [0, 0.05) is 0 Å². The highest BCUT2D eigenvalue weighted by molar-refractivity contribution is 4.74. The Kier molecular flexibility index (Phi) is 3.36. The van der Waals surface area contributed by atoms with E-state index in [1.807, 2.05) is 26.8 Å². The molecular formula is C8H16O. The van der Waals surface area contributed by atoms with Crippen molar-refractivity contribution in [3.8, 4) is 0 Å². The van der Waals surface area contributed by atoms with Crippen LogP contribution in [0.2, 0.25) is 0 Å². The van der Waals surface area contributed by atoms with Crippen LogP contribution in [0.15, 0.2) is 12.3 Å². The summed E-state index contributed by atoms with van der Waals surface area (Å²) < 4.78 is 5.29. The smallest absolute Gasteiger partial charge is 0.0998 e. The Labute approximate surface area is 57.7 Å². The van der Waals surface area contributed by atoms with Crippen molar-refractivity contribution in [3.05, 3.63) is 12.3 Å². The molecule has 54 valence electrons. The minimum atomic E-state index is -0.0360. The number of allylic oxidation sites excluding steroid dienone is 1. The normalized spacial score (nSPS) is 12.4. The first kappa shape index (κ1) is 8.54. The van der Waals surface area contributed by atoms with E-state index < -0.39 is 0 Å². The molecule has 0 aromatic rings. The van der Waals surface area contributed by atoms with E-state index in [1.165, 1.54) is 0 Å². The zero-order valence-electron chi connectivity index (χ0n) is 6.77. The van der Waals surface area contributed by atoms with E-state index in [2.05, 4.69) is 6.92 Å². The number of rotatable bonds is 2. The molecule has 0 atom stereocenters. The average molecular weight is 128 g/mol. The first-order valence-electron chi connectivity index (χ1n) is 3.39. The Balaban J connectivity index is 3.38. The SMILES string of the molecule is CCC=COC(C)(C)C. The van der Waals surface area contributed by atoms with E-state index in [0.717, 1.165) is 6.42 Å². The van der Waals surface area contributed by atoms with Crippen molar-refractivity contribution in [2.24, 2.45) is 0 Å². The molecule has 0 saturated heterocycles. The maximum absolute atomic E-state index is 5.29. The van der Waals surface area contributed by atoms with Gasteiger partial charge in [0.1, 0.15) is 0 Å². The number of ether oxygens (including phenoxy) is 1. The van der Waals surface area contributed by atoms with E-state index >= 15 is 0 Å². The van der Waals surface area contributed by atoms with Crippen molar-refractivity contribution in [2.75, 3.05) is 0 Å². The topological polar surface area (TPSA) is 9.23 Å². The molecule has 9 heavy (non-hydrogen) atoms. The van der Waals surface area contributed by atoms with E-state index in [9.17, 15) is 0 Å². The average Bonchev–Trinajstić information content (AvgIpc) is 1.63. The highest BCUT2D eigenvalue weighted by Crippen LogP contribution is 2.06. The molecule has 0 aliphatic heterocycles. The summed E-state index contributed by atoms with van der Waals surface area (Å²) in [6, 6.07) is 0. The van der Waals surface area contributed by atoms with Gasteiger partial charge >= 0.3 is 0 Å². The van der Waals surface area contributed by atoms with Gasteiger partial charge in [0.2, 0.25) is 0 Å². The van der Waals surface area contributed by atoms with Crippen LogP contribution in [0.1, 0.15) is 34.1 Å². The first-order chi connectivity index (χ1) is 4.06. The molecule has 0 bridgehead atoms. The third kappa shape index (κ3) is 7.54. The summed E-state index contributed by atoms with van der Waals surface area (Å²) in [5, 5.41) is 0. The van der Waals surface area contributed by atoms with Crippen LogP contribution in [-0.4, -0.2) is 5.60 Å². The Bertz CT molecular complexity index is 87.2. The first-order valence-corrected chi connectivity index (χ1v) is 3.39. The molecule has 0 aromatic carbocycles. The van der Waals surface area contributed by atoms with Gasteiger partial charge in [-0.15, -0.1) is 0 Å². The van der Waals surface area contributed by atoms with Gasteiger partial charge in [-0.05, 0) is 27.2 Å². The second kappa shape index (κ2) is 3.54. The molecule has 1 heteroatoms. The van der Waals surface area contributed by atoms with Crippen LogP contribution in [0.25, 0.3) is 0 Å². The highest BCUT2D eigenvalue weighted by Gasteiger charge is 2.06. The van der Waals surface area contributed by atoms with Crippen molar-refractivity contribution in [1.29, 1.82) is 0 Å². The molecule has 1 nitrogen and oxygen atoms in total. The lowest BCUT2D eigenvalue weighted by molar-refractivity contribution is 0.0762. The van der Waals surface area contributed by atoms with Gasteiger partial charge in [-0.3, -0.25) is 0 Å². The second-order valence-electron chi connectivity index (χ2n) is 3.01. The molecule has 0 N–H and O–H groups in total. The third-order valence-corrected chi connectivity index (χ3v) is 0.754. The second-order valence-corrected chi connectivity index (χ2v) is 3.01. The fourth-order valence-corrected chi connectivity index (χ4v) is 0.348. The highest BCUT2D eigenvalue weighted by atomic mass is 16.5. The predicted octanol–water partition coefficient (Wildman–Crippen LogP) is 2.73. The Morgan fingerprint density at radius 2 is 1.89 bits per heavy atom. The molecule has 0 saturated carbocycles. The van der Waals surface area contributed by atoms with Gasteiger partial charge in [0.05, 0.1) is 11.9 Å². The summed E-state index contributed by atoms with van der Waals surface area (Å²) in [6.45, 7) is 8.19. The van der Waals surface area contributed by atoms with Gasteiger partial charge < -0.3 is 4.74 Å². The van der Waals surface area contributed by atoms with Gasteiger partial charge in [-0.25, -0.2) is 0 Å². The maximum atomic E-state index is 5.29. The van der Waals surface area contributed by atoms with Crippen LogP contribution < -0.4 is 0 Å². The van der Waals surface area contributed by atoms with E-state index in [4.69, 9.17) is 4.74 Å². The molecular weight excluding hydrogens is 112 g/mol. The molecule has 0 unspecified atom stereocenters. The largest absolute Gasteiger partial charge is 0.496 e. The van der Waals surface area contributed by atoms with Crippen LogP contribution in [-0.2, 0) is 4.74 Å². The van der Waals surface area contributed by atoms with Crippen molar-refractivity contribution in [1.82, 2.24) is 0 Å². The van der Waals surface area contributed by atoms with Gasteiger partial charge in [0.25, 0.3) is 0 Å². The van der Waals surface area contributed by atoms with Crippen molar-refractivity contribution < 1.29 is 4.74 Å². The molecule has 0 heterocycles. The molecule has 0 fully saturated rings. The molecule has 0 aliphatic carbocycles.